The van der Waals surface area contributed by atoms with E-state index in [1.807, 2.05) is 0 Å². The zero-order chi connectivity index (χ0) is 13.3. The van der Waals surface area contributed by atoms with E-state index >= 15 is 0 Å². The minimum Gasteiger partial charge on any atom is -0.444 e. The zero-order valence-corrected chi connectivity index (χ0v) is 10.2. The van der Waals surface area contributed by atoms with E-state index in [1.165, 1.54) is 0 Å². The van der Waals surface area contributed by atoms with E-state index in [4.69, 9.17) is 10.2 Å². The predicted octanol–water partition coefficient (Wildman–Crippen LogP) is 3.53. The smallest absolute Gasteiger partial charge is 0.391 e. The van der Waals surface area contributed by atoms with Gasteiger partial charge in [-0.05, 0) is 32.6 Å². The van der Waals surface area contributed by atoms with Gasteiger partial charge in [-0.3, -0.25) is 0 Å². The molecule has 0 spiro atoms. The molecular formula is C12H17F3N2O. The molecule has 0 amide bonds. The third-order valence-electron chi connectivity index (χ3n) is 3.52. The monoisotopic (exact) mass is 262 g/mol. The van der Waals surface area contributed by atoms with Crippen molar-refractivity contribution < 1.29 is 17.6 Å². The first-order chi connectivity index (χ1) is 8.38. The molecule has 1 heterocycles. The Morgan fingerprint density at radius 2 is 1.94 bits per heavy atom. The van der Waals surface area contributed by atoms with Crippen molar-refractivity contribution in [1.29, 1.82) is 0 Å². The maximum Gasteiger partial charge on any atom is 0.391 e. The highest BCUT2D eigenvalue weighted by Gasteiger charge is 2.42. The van der Waals surface area contributed by atoms with Crippen molar-refractivity contribution in [1.82, 2.24) is 4.98 Å². The lowest BCUT2D eigenvalue weighted by Crippen LogP contribution is -2.27. The van der Waals surface area contributed by atoms with Crippen LogP contribution in [0, 0.1) is 5.92 Å². The number of nitrogens with two attached hydrogens (primary N) is 1. The Kier molecular flexibility index (Phi) is 3.66. The van der Waals surface area contributed by atoms with Gasteiger partial charge in [-0.1, -0.05) is 0 Å². The molecule has 0 radical (unpaired) electrons. The molecule has 2 N–H and O–H groups in total. The number of alkyl halides is 3. The SMILES string of the molecule is CC(N)c1ncc(C2CCC(C(F)(F)F)CC2)o1. The van der Waals surface area contributed by atoms with Crippen molar-refractivity contribution >= 4 is 0 Å². The third kappa shape index (κ3) is 2.85. The fourth-order valence-electron chi connectivity index (χ4n) is 2.41. The molecule has 2 rings (SSSR count). The van der Waals surface area contributed by atoms with E-state index in [0.29, 0.717) is 24.5 Å². The average Bonchev–Trinajstić information content (AvgIpc) is 2.77. The molecule has 1 atom stereocenters. The van der Waals surface area contributed by atoms with Crippen LogP contribution in [0.1, 0.15) is 56.2 Å². The van der Waals surface area contributed by atoms with Gasteiger partial charge in [0, 0.05) is 5.92 Å². The summed E-state index contributed by atoms with van der Waals surface area (Å²) >= 11 is 0. The van der Waals surface area contributed by atoms with E-state index < -0.39 is 12.1 Å². The van der Waals surface area contributed by atoms with Crippen LogP contribution in [0.2, 0.25) is 0 Å². The molecule has 0 aromatic carbocycles. The molecule has 102 valence electrons. The van der Waals surface area contributed by atoms with Crippen molar-refractivity contribution in [3.8, 4) is 0 Å². The molecule has 6 heteroatoms. The number of rotatable bonds is 2. The first-order valence-corrected chi connectivity index (χ1v) is 6.16. The normalized spacial score (nSPS) is 27.2. The quantitative estimate of drug-likeness (QED) is 0.887. The standard InChI is InChI=1S/C12H17F3N2O/c1-7(16)11-17-6-10(18-11)8-2-4-9(5-3-8)12(13,14)15/h6-9H,2-5,16H2,1H3. The molecule has 3 nitrogen and oxygen atoms in total. The zero-order valence-electron chi connectivity index (χ0n) is 10.2. The molecule has 1 saturated carbocycles. The van der Waals surface area contributed by atoms with Crippen LogP contribution < -0.4 is 5.73 Å². The van der Waals surface area contributed by atoms with Crippen molar-refractivity contribution in [3.05, 3.63) is 17.8 Å². The Labute approximate surface area is 104 Å². The number of halogens is 3. The van der Waals surface area contributed by atoms with E-state index in [1.54, 1.807) is 13.1 Å². The first-order valence-electron chi connectivity index (χ1n) is 6.16. The van der Waals surface area contributed by atoms with Gasteiger partial charge in [0.25, 0.3) is 0 Å². The second-order valence-electron chi connectivity index (χ2n) is 4.98. The van der Waals surface area contributed by atoms with Gasteiger partial charge in [-0.2, -0.15) is 13.2 Å². The molecule has 1 aliphatic carbocycles. The van der Waals surface area contributed by atoms with Crippen LogP contribution in [0.4, 0.5) is 13.2 Å². The van der Waals surface area contributed by atoms with Gasteiger partial charge in [0.05, 0.1) is 18.2 Å². The molecule has 1 fully saturated rings. The summed E-state index contributed by atoms with van der Waals surface area (Å²) in [5.74, 6) is -0.000886. The molecule has 1 aromatic heterocycles. The van der Waals surface area contributed by atoms with Crippen LogP contribution >= 0.6 is 0 Å². The van der Waals surface area contributed by atoms with Crippen LogP contribution in [-0.2, 0) is 0 Å². The molecule has 0 bridgehead atoms. The molecule has 1 aliphatic rings. The minimum absolute atomic E-state index is 0.0450. The van der Waals surface area contributed by atoms with Crippen molar-refractivity contribution in [2.45, 2.75) is 50.7 Å². The highest BCUT2D eigenvalue weighted by Crippen LogP contribution is 2.43. The summed E-state index contributed by atoms with van der Waals surface area (Å²) in [7, 11) is 0. The van der Waals surface area contributed by atoms with Crippen LogP contribution in [0.25, 0.3) is 0 Å². The lowest BCUT2D eigenvalue weighted by Gasteiger charge is -2.28. The first kappa shape index (κ1) is 13.4. The Morgan fingerprint density at radius 1 is 1.33 bits per heavy atom. The second-order valence-corrected chi connectivity index (χ2v) is 4.98. The summed E-state index contributed by atoms with van der Waals surface area (Å²) in [4.78, 5) is 4.04. The van der Waals surface area contributed by atoms with Crippen molar-refractivity contribution in [3.63, 3.8) is 0 Å². The van der Waals surface area contributed by atoms with Crippen LogP contribution in [0.15, 0.2) is 10.6 Å². The Bertz CT molecular complexity index is 392. The van der Waals surface area contributed by atoms with Gasteiger partial charge >= 0.3 is 6.18 Å². The predicted molar refractivity (Wildman–Crippen MR) is 59.9 cm³/mol. The number of aromatic nitrogens is 1. The van der Waals surface area contributed by atoms with E-state index in [9.17, 15) is 13.2 Å². The third-order valence-corrected chi connectivity index (χ3v) is 3.52. The summed E-state index contributed by atoms with van der Waals surface area (Å²) in [5.41, 5.74) is 5.63. The van der Waals surface area contributed by atoms with Gasteiger partial charge in [0.1, 0.15) is 5.76 Å². The van der Waals surface area contributed by atoms with E-state index in [2.05, 4.69) is 4.98 Å². The Hall–Kier alpha value is -1.04. The van der Waals surface area contributed by atoms with Gasteiger partial charge in [-0.15, -0.1) is 0 Å². The van der Waals surface area contributed by atoms with Crippen molar-refractivity contribution in [2.75, 3.05) is 0 Å². The van der Waals surface area contributed by atoms with Gasteiger partial charge in [0.15, 0.2) is 0 Å². The lowest BCUT2D eigenvalue weighted by molar-refractivity contribution is -0.182. The van der Waals surface area contributed by atoms with E-state index in [-0.39, 0.29) is 24.8 Å². The molecule has 18 heavy (non-hydrogen) atoms. The lowest BCUT2D eigenvalue weighted by atomic mass is 9.81. The maximum absolute atomic E-state index is 12.5. The summed E-state index contributed by atoms with van der Waals surface area (Å²) in [6.07, 6.45) is -1.14. The van der Waals surface area contributed by atoms with Gasteiger partial charge in [-0.25, -0.2) is 4.98 Å². The summed E-state index contributed by atoms with van der Waals surface area (Å²) in [5, 5.41) is 0. The Morgan fingerprint density at radius 3 is 2.39 bits per heavy atom. The largest absolute Gasteiger partial charge is 0.444 e. The number of oxazole rings is 1. The number of hydrogen-bond acceptors (Lipinski definition) is 3. The van der Waals surface area contributed by atoms with Crippen molar-refractivity contribution in [2.24, 2.45) is 11.7 Å². The fraction of sp³-hybridized carbons (Fsp3) is 0.750. The molecular weight excluding hydrogens is 245 g/mol. The molecule has 1 unspecified atom stereocenters. The summed E-state index contributed by atoms with van der Waals surface area (Å²) < 4.78 is 43.1. The fourth-order valence-corrected chi connectivity index (χ4v) is 2.41. The van der Waals surface area contributed by atoms with E-state index in [0.717, 1.165) is 0 Å². The van der Waals surface area contributed by atoms with Gasteiger partial charge < -0.3 is 10.2 Å². The highest BCUT2D eigenvalue weighted by molar-refractivity contribution is 5.05. The minimum atomic E-state index is -4.07. The van der Waals surface area contributed by atoms with Gasteiger partial charge in [0.2, 0.25) is 5.89 Å². The Balaban J connectivity index is 1.97. The van der Waals surface area contributed by atoms with Crippen LogP contribution in [-0.4, -0.2) is 11.2 Å². The topological polar surface area (TPSA) is 52.0 Å². The number of hydrogen-bond donors (Lipinski definition) is 1. The highest BCUT2D eigenvalue weighted by atomic mass is 19.4. The average molecular weight is 262 g/mol. The maximum atomic E-state index is 12.5. The molecule has 1 aromatic rings. The molecule has 0 aliphatic heterocycles. The van der Waals surface area contributed by atoms with Crippen LogP contribution in [0.3, 0.4) is 0 Å². The summed E-state index contributed by atoms with van der Waals surface area (Å²) in [6, 6.07) is -0.287. The van der Waals surface area contributed by atoms with Crippen LogP contribution in [0.5, 0.6) is 0 Å². The second kappa shape index (κ2) is 4.91. The summed E-state index contributed by atoms with van der Waals surface area (Å²) in [6.45, 7) is 1.76. The number of nitrogens with zero attached hydrogens (tertiary/aromatic N) is 1. The molecule has 0 saturated heterocycles.